The summed E-state index contributed by atoms with van der Waals surface area (Å²) in [6, 6.07) is 16.8. The molecule has 5 nitrogen and oxygen atoms in total. The highest BCUT2D eigenvalue weighted by molar-refractivity contribution is 6.31. The normalized spacial score (nSPS) is 10.4. The summed E-state index contributed by atoms with van der Waals surface area (Å²) in [5, 5.41) is 16.8. The van der Waals surface area contributed by atoms with E-state index in [-0.39, 0.29) is 5.91 Å². The van der Waals surface area contributed by atoms with Crippen LogP contribution in [0.25, 0.3) is 5.69 Å². The predicted molar refractivity (Wildman–Crippen MR) is 100 cm³/mol. The molecule has 0 aliphatic heterocycles. The maximum atomic E-state index is 12.6. The highest BCUT2D eigenvalue weighted by Crippen LogP contribution is 2.23. The van der Waals surface area contributed by atoms with E-state index in [2.05, 4.69) is 10.4 Å². The Labute approximate surface area is 156 Å². The fraction of sp³-hybridized carbons (Fsp3) is 0.150. The molecule has 0 atom stereocenters. The molecule has 1 amide bonds. The van der Waals surface area contributed by atoms with Crippen LogP contribution in [0.1, 0.15) is 32.9 Å². The van der Waals surface area contributed by atoms with Crippen molar-refractivity contribution in [2.45, 2.75) is 20.4 Å². The van der Waals surface area contributed by atoms with Gasteiger partial charge in [0, 0.05) is 6.54 Å². The molecule has 0 fully saturated rings. The molecule has 0 saturated heterocycles. The first-order valence-electron chi connectivity index (χ1n) is 8.09. The van der Waals surface area contributed by atoms with E-state index in [0.717, 1.165) is 5.56 Å². The molecule has 1 N–H and O–H groups in total. The smallest absolute Gasteiger partial charge is 0.255 e. The van der Waals surface area contributed by atoms with Gasteiger partial charge in [-0.2, -0.15) is 10.4 Å². The van der Waals surface area contributed by atoms with Crippen LogP contribution >= 0.6 is 11.6 Å². The van der Waals surface area contributed by atoms with Crippen molar-refractivity contribution in [3.05, 3.63) is 81.6 Å². The minimum atomic E-state index is -0.171. The second-order valence-corrected chi connectivity index (χ2v) is 6.31. The Bertz CT molecular complexity index is 1000. The summed E-state index contributed by atoms with van der Waals surface area (Å²) in [4.78, 5) is 12.6. The van der Waals surface area contributed by atoms with Crippen LogP contribution in [0.5, 0.6) is 0 Å². The van der Waals surface area contributed by atoms with Gasteiger partial charge in [0.1, 0.15) is 6.07 Å². The van der Waals surface area contributed by atoms with Crippen LogP contribution in [0.3, 0.4) is 0 Å². The van der Waals surface area contributed by atoms with E-state index in [1.54, 1.807) is 29.8 Å². The minimum Gasteiger partial charge on any atom is -0.348 e. The van der Waals surface area contributed by atoms with E-state index < -0.39 is 0 Å². The van der Waals surface area contributed by atoms with Crippen molar-refractivity contribution in [2.24, 2.45) is 0 Å². The summed E-state index contributed by atoms with van der Waals surface area (Å²) in [5.41, 5.74) is 4.03. The lowest BCUT2D eigenvalue weighted by molar-refractivity contribution is 0.0949. The average molecular weight is 365 g/mol. The molecule has 3 rings (SSSR count). The number of nitriles is 1. The van der Waals surface area contributed by atoms with E-state index >= 15 is 0 Å². The fourth-order valence-electron chi connectivity index (χ4n) is 2.82. The van der Waals surface area contributed by atoms with E-state index in [9.17, 15) is 4.79 Å². The number of nitrogens with one attached hydrogen (secondary N) is 1. The minimum absolute atomic E-state index is 0.171. The molecule has 1 heterocycles. The molecule has 0 saturated carbocycles. The fourth-order valence-corrected chi connectivity index (χ4v) is 3.03. The van der Waals surface area contributed by atoms with Crippen LogP contribution in [0.4, 0.5) is 0 Å². The first-order chi connectivity index (χ1) is 12.5. The molecule has 26 heavy (non-hydrogen) atoms. The highest BCUT2D eigenvalue weighted by Gasteiger charge is 2.19. The second-order valence-electron chi connectivity index (χ2n) is 5.90. The van der Waals surface area contributed by atoms with Crippen LogP contribution in [0.15, 0.2) is 48.5 Å². The van der Waals surface area contributed by atoms with Gasteiger partial charge in [-0.25, -0.2) is 4.68 Å². The lowest BCUT2D eigenvalue weighted by Gasteiger charge is -2.08. The molecule has 2 aromatic carbocycles. The Kier molecular flexibility index (Phi) is 5.06. The zero-order valence-corrected chi connectivity index (χ0v) is 15.2. The lowest BCUT2D eigenvalue weighted by Crippen LogP contribution is -2.24. The van der Waals surface area contributed by atoms with Crippen LogP contribution in [0.2, 0.25) is 5.02 Å². The number of rotatable bonds is 4. The molecular weight excluding hydrogens is 348 g/mol. The third-order valence-electron chi connectivity index (χ3n) is 4.13. The number of aryl methyl sites for hydroxylation is 1. The predicted octanol–water partition coefficient (Wildman–Crippen LogP) is 3.94. The number of aromatic nitrogens is 2. The van der Waals surface area contributed by atoms with Gasteiger partial charge in [0.2, 0.25) is 0 Å². The van der Waals surface area contributed by atoms with Crippen molar-refractivity contribution in [1.29, 1.82) is 5.26 Å². The maximum Gasteiger partial charge on any atom is 0.255 e. The maximum absolute atomic E-state index is 12.6. The summed E-state index contributed by atoms with van der Waals surface area (Å²) in [7, 11) is 0. The molecule has 3 aromatic rings. The van der Waals surface area contributed by atoms with Crippen molar-refractivity contribution in [3.63, 3.8) is 0 Å². The zero-order chi connectivity index (χ0) is 18.7. The highest BCUT2D eigenvalue weighted by atomic mass is 35.5. The van der Waals surface area contributed by atoms with Gasteiger partial charge in [-0.05, 0) is 37.6 Å². The second kappa shape index (κ2) is 7.42. The molecule has 0 unspecified atom stereocenters. The van der Waals surface area contributed by atoms with Crippen LogP contribution in [-0.4, -0.2) is 15.7 Å². The first-order valence-corrected chi connectivity index (χ1v) is 8.47. The third-order valence-corrected chi connectivity index (χ3v) is 4.44. The number of carbonyl (C=O) groups is 1. The quantitative estimate of drug-likeness (QED) is 0.762. The zero-order valence-electron chi connectivity index (χ0n) is 14.5. The van der Waals surface area contributed by atoms with E-state index in [1.165, 1.54) is 0 Å². The summed E-state index contributed by atoms with van der Waals surface area (Å²) in [6.45, 7) is 4.09. The van der Waals surface area contributed by atoms with Crippen molar-refractivity contribution < 1.29 is 4.79 Å². The average Bonchev–Trinajstić information content (AvgIpc) is 2.95. The van der Waals surface area contributed by atoms with Crippen molar-refractivity contribution in [1.82, 2.24) is 15.1 Å². The van der Waals surface area contributed by atoms with Gasteiger partial charge in [-0.3, -0.25) is 4.79 Å². The monoisotopic (exact) mass is 364 g/mol. The van der Waals surface area contributed by atoms with Gasteiger partial charge in [0.05, 0.1) is 33.2 Å². The molecule has 6 heteroatoms. The van der Waals surface area contributed by atoms with Crippen molar-refractivity contribution >= 4 is 17.5 Å². The number of hydrogen-bond donors (Lipinski definition) is 1. The Hall–Kier alpha value is -3.10. The SMILES string of the molecule is Cc1nn(-c2ccc(C#N)c(Cl)c2)c(C)c1C(=O)NCc1ccccc1. The van der Waals surface area contributed by atoms with Crippen LogP contribution in [-0.2, 0) is 6.54 Å². The molecule has 0 bridgehead atoms. The number of carbonyl (C=O) groups excluding carboxylic acids is 1. The molecule has 130 valence electrons. The molecule has 0 aliphatic carbocycles. The largest absolute Gasteiger partial charge is 0.348 e. The Morgan fingerprint density at radius 3 is 2.62 bits per heavy atom. The molecule has 0 radical (unpaired) electrons. The Balaban J connectivity index is 1.87. The number of nitrogens with zero attached hydrogens (tertiary/aromatic N) is 3. The third kappa shape index (κ3) is 3.46. The lowest BCUT2D eigenvalue weighted by atomic mass is 10.1. The summed E-state index contributed by atoms with van der Waals surface area (Å²) in [6.07, 6.45) is 0. The number of halogens is 1. The molecule has 1 aromatic heterocycles. The van der Waals surface area contributed by atoms with Gasteiger partial charge in [0.15, 0.2) is 0 Å². The standard InChI is InChI=1S/C20H17ClN4O/c1-13-19(20(26)23-12-15-6-4-3-5-7-15)14(2)25(24-13)17-9-8-16(11-22)18(21)10-17/h3-10H,12H2,1-2H3,(H,23,26). The van der Waals surface area contributed by atoms with E-state index in [0.29, 0.717) is 39.8 Å². The molecule has 0 spiro atoms. The van der Waals surface area contributed by atoms with Crippen LogP contribution < -0.4 is 5.32 Å². The first kappa shape index (κ1) is 17.7. The van der Waals surface area contributed by atoms with Crippen molar-refractivity contribution in [3.8, 4) is 11.8 Å². The Morgan fingerprint density at radius 1 is 1.23 bits per heavy atom. The van der Waals surface area contributed by atoms with Crippen LogP contribution in [0, 0.1) is 25.2 Å². The van der Waals surface area contributed by atoms with Gasteiger partial charge in [0.25, 0.3) is 5.91 Å². The Morgan fingerprint density at radius 2 is 1.96 bits per heavy atom. The number of hydrogen-bond acceptors (Lipinski definition) is 3. The summed E-state index contributed by atoms with van der Waals surface area (Å²) >= 11 is 6.12. The summed E-state index contributed by atoms with van der Waals surface area (Å²) < 4.78 is 1.67. The van der Waals surface area contributed by atoms with Gasteiger partial charge in [-0.15, -0.1) is 0 Å². The number of amides is 1. The van der Waals surface area contributed by atoms with Crippen molar-refractivity contribution in [2.75, 3.05) is 0 Å². The van der Waals surface area contributed by atoms with E-state index in [1.807, 2.05) is 43.3 Å². The van der Waals surface area contributed by atoms with Gasteiger partial charge < -0.3 is 5.32 Å². The van der Waals surface area contributed by atoms with Gasteiger partial charge >= 0.3 is 0 Å². The molecular formula is C20H17ClN4O. The topological polar surface area (TPSA) is 70.7 Å². The number of benzene rings is 2. The van der Waals surface area contributed by atoms with Gasteiger partial charge in [-0.1, -0.05) is 41.9 Å². The molecule has 0 aliphatic rings. The summed E-state index contributed by atoms with van der Waals surface area (Å²) in [5.74, 6) is -0.171. The van der Waals surface area contributed by atoms with E-state index in [4.69, 9.17) is 16.9 Å².